The van der Waals surface area contributed by atoms with Crippen LogP contribution < -0.4 is 10.9 Å². The smallest absolute Gasteiger partial charge is 0.271 e. The van der Waals surface area contributed by atoms with E-state index >= 15 is 0 Å². The first-order valence-corrected chi connectivity index (χ1v) is 9.21. The molecule has 0 bridgehead atoms. The third kappa shape index (κ3) is 5.37. The Bertz CT molecular complexity index is 620. The first-order valence-electron chi connectivity index (χ1n) is 9.21. The number of aromatic nitrogens is 2. The van der Waals surface area contributed by atoms with Crippen LogP contribution in [-0.2, 0) is 6.54 Å². The maximum Gasteiger partial charge on any atom is 0.271 e. The van der Waals surface area contributed by atoms with Gasteiger partial charge in [0.25, 0.3) is 11.5 Å². The highest BCUT2D eigenvalue weighted by Gasteiger charge is 2.25. The summed E-state index contributed by atoms with van der Waals surface area (Å²) in [6.07, 6.45) is 0.802. The van der Waals surface area contributed by atoms with Gasteiger partial charge in [0.1, 0.15) is 5.69 Å². The largest absolute Gasteiger partial charge is 0.349 e. The van der Waals surface area contributed by atoms with Gasteiger partial charge in [0.15, 0.2) is 0 Å². The zero-order valence-electron chi connectivity index (χ0n) is 15.9. The number of rotatable bonds is 7. The molecule has 0 radical (unpaired) electrons. The number of nitrogens with one attached hydrogen (secondary N) is 1. The molecule has 140 valence electrons. The summed E-state index contributed by atoms with van der Waals surface area (Å²) in [4.78, 5) is 29.0. The number of aryl methyl sites for hydroxylation is 1. The summed E-state index contributed by atoms with van der Waals surface area (Å²) >= 11 is 0. The summed E-state index contributed by atoms with van der Waals surface area (Å²) in [5.74, 6) is 0.232. The second kappa shape index (κ2) is 9.10. The van der Waals surface area contributed by atoms with Crippen LogP contribution in [0.3, 0.4) is 0 Å². The van der Waals surface area contributed by atoms with E-state index in [4.69, 9.17) is 0 Å². The SMILES string of the molecule is CCCn1nc(C(=O)NC[C@H](C(C)C)N2CCN(C)CC2)ccc1=O. The average Bonchev–Trinajstić information content (AvgIpc) is 2.58. The first-order chi connectivity index (χ1) is 11.9. The van der Waals surface area contributed by atoms with Gasteiger partial charge in [-0.05, 0) is 25.5 Å². The molecule has 2 heterocycles. The maximum absolute atomic E-state index is 12.5. The second-order valence-corrected chi connectivity index (χ2v) is 7.14. The Morgan fingerprint density at radius 3 is 2.52 bits per heavy atom. The van der Waals surface area contributed by atoms with Crippen LogP contribution >= 0.6 is 0 Å². The molecule has 0 spiro atoms. The van der Waals surface area contributed by atoms with Crippen molar-refractivity contribution >= 4 is 5.91 Å². The summed E-state index contributed by atoms with van der Waals surface area (Å²) in [6.45, 7) is 11.6. The highest BCUT2D eigenvalue weighted by molar-refractivity contribution is 5.92. The summed E-state index contributed by atoms with van der Waals surface area (Å²) in [5, 5.41) is 7.18. The van der Waals surface area contributed by atoms with Crippen molar-refractivity contribution in [2.75, 3.05) is 39.8 Å². The number of piperazine rings is 1. The predicted molar refractivity (Wildman–Crippen MR) is 98.8 cm³/mol. The Balaban J connectivity index is 1.99. The van der Waals surface area contributed by atoms with Gasteiger partial charge in [0.2, 0.25) is 0 Å². The van der Waals surface area contributed by atoms with Gasteiger partial charge in [-0.15, -0.1) is 0 Å². The van der Waals surface area contributed by atoms with Crippen LogP contribution in [0, 0.1) is 5.92 Å². The molecule has 0 aromatic carbocycles. The normalized spacial score (nSPS) is 17.6. The molecule has 1 aliphatic heterocycles. The third-order valence-electron chi connectivity index (χ3n) is 4.78. The number of nitrogens with zero attached hydrogens (tertiary/aromatic N) is 4. The van der Waals surface area contributed by atoms with Crippen LogP contribution in [0.25, 0.3) is 0 Å². The molecule has 0 saturated carbocycles. The number of likely N-dealkylation sites (N-methyl/N-ethyl adjacent to an activating group) is 1. The lowest BCUT2D eigenvalue weighted by Crippen LogP contribution is -2.54. The zero-order chi connectivity index (χ0) is 18.4. The molecule has 0 aliphatic carbocycles. The standard InChI is InChI=1S/C18H31N5O2/c1-5-8-23-17(24)7-6-15(20-23)18(25)19-13-16(14(2)3)22-11-9-21(4)10-12-22/h6-7,14,16H,5,8-13H2,1-4H3,(H,19,25)/t16-/m1/s1. The van der Waals surface area contributed by atoms with Crippen LogP contribution in [0.2, 0.25) is 0 Å². The lowest BCUT2D eigenvalue weighted by molar-refractivity contribution is 0.0787. The molecule has 1 aliphatic rings. The number of hydrogen-bond acceptors (Lipinski definition) is 5. The van der Waals surface area contributed by atoms with E-state index in [-0.39, 0.29) is 11.5 Å². The van der Waals surface area contributed by atoms with Gasteiger partial charge in [-0.1, -0.05) is 20.8 Å². The van der Waals surface area contributed by atoms with Crippen LogP contribution in [0.4, 0.5) is 0 Å². The molecule has 1 fully saturated rings. The fourth-order valence-corrected chi connectivity index (χ4v) is 3.17. The lowest BCUT2D eigenvalue weighted by Gasteiger charge is -2.39. The van der Waals surface area contributed by atoms with E-state index in [1.54, 1.807) is 0 Å². The van der Waals surface area contributed by atoms with Crippen LogP contribution in [0.15, 0.2) is 16.9 Å². The average molecular weight is 349 g/mol. The van der Waals surface area contributed by atoms with Crippen molar-refractivity contribution in [2.45, 2.75) is 39.8 Å². The minimum Gasteiger partial charge on any atom is -0.349 e. The van der Waals surface area contributed by atoms with Crippen LogP contribution in [0.5, 0.6) is 0 Å². The summed E-state index contributed by atoms with van der Waals surface area (Å²) in [5.41, 5.74) is 0.129. The van der Waals surface area contributed by atoms with Crippen molar-refractivity contribution in [1.82, 2.24) is 24.9 Å². The fourth-order valence-electron chi connectivity index (χ4n) is 3.17. The van der Waals surface area contributed by atoms with Crippen LogP contribution in [-0.4, -0.2) is 71.3 Å². The van der Waals surface area contributed by atoms with Crippen molar-refractivity contribution < 1.29 is 4.79 Å². The Labute approximate surface area is 150 Å². The topological polar surface area (TPSA) is 70.5 Å². The lowest BCUT2D eigenvalue weighted by atomic mass is 10.0. The maximum atomic E-state index is 12.5. The summed E-state index contributed by atoms with van der Waals surface area (Å²) in [7, 11) is 2.14. The molecule has 1 amide bonds. The number of amides is 1. The van der Waals surface area contributed by atoms with E-state index in [0.717, 1.165) is 32.6 Å². The van der Waals surface area contributed by atoms with E-state index in [2.05, 4.69) is 41.1 Å². The monoisotopic (exact) mass is 349 g/mol. The molecule has 1 aromatic heterocycles. The highest BCUT2D eigenvalue weighted by Crippen LogP contribution is 2.13. The minimum atomic E-state index is -0.218. The molecule has 7 nitrogen and oxygen atoms in total. The van der Waals surface area contributed by atoms with Gasteiger partial charge in [0.05, 0.1) is 0 Å². The second-order valence-electron chi connectivity index (χ2n) is 7.14. The first kappa shape index (κ1) is 19.6. The fraction of sp³-hybridized carbons (Fsp3) is 0.722. The molecule has 1 N–H and O–H groups in total. The number of carbonyl (C=O) groups is 1. The van der Waals surface area contributed by atoms with Gasteiger partial charge in [-0.3, -0.25) is 14.5 Å². The minimum absolute atomic E-state index is 0.170. The van der Waals surface area contributed by atoms with Gasteiger partial charge in [0, 0.05) is 51.4 Å². The summed E-state index contributed by atoms with van der Waals surface area (Å²) in [6, 6.07) is 3.22. The Morgan fingerprint density at radius 1 is 1.24 bits per heavy atom. The predicted octanol–water partition coefficient (Wildman–Crippen LogP) is 0.655. The number of hydrogen-bond donors (Lipinski definition) is 1. The molecular formula is C18H31N5O2. The van der Waals surface area contributed by atoms with E-state index in [1.165, 1.54) is 16.8 Å². The quantitative estimate of drug-likeness (QED) is 0.783. The Kier molecular flexibility index (Phi) is 7.13. The summed E-state index contributed by atoms with van der Waals surface area (Å²) < 4.78 is 1.36. The van der Waals surface area contributed by atoms with E-state index in [0.29, 0.717) is 30.7 Å². The molecule has 1 saturated heterocycles. The van der Waals surface area contributed by atoms with E-state index in [1.807, 2.05) is 6.92 Å². The van der Waals surface area contributed by atoms with E-state index < -0.39 is 0 Å². The van der Waals surface area contributed by atoms with E-state index in [9.17, 15) is 9.59 Å². The van der Waals surface area contributed by atoms with Crippen LogP contribution in [0.1, 0.15) is 37.7 Å². The number of carbonyl (C=O) groups excluding carboxylic acids is 1. The molecular weight excluding hydrogens is 318 g/mol. The molecule has 0 unspecified atom stereocenters. The molecule has 2 rings (SSSR count). The Hall–Kier alpha value is -1.73. The van der Waals surface area contributed by atoms with Gasteiger partial charge >= 0.3 is 0 Å². The zero-order valence-corrected chi connectivity index (χ0v) is 15.9. The van der Waals surface area contributed by atoms with Crippen molar-refractivity contribution in [3.8, 4) is 0 Å². The third-order valence-corrected chi connectivity index (χ3v) is 4.78. The molecule has 25 heavy (non-hydrogen) atoms. The Morgan fingerprint density at radius 2 is 1.92 bits per heavy atom. The van der Waals surface area contributed by atoms with Gasteiger partial charge in [-0.2, -0.15) is 5.10 Å². The van der Waals surface area contributed by atoms with Gasteiger partial charge in [-0.25, -0.2) is 4.68 Å². The van der Waals surface area contributed by atoms with Crippen molar-refractivity contribution in [2.24, 2.45) is 5.92 Å². The molecule has 1 aromatic rings. The highest BCUT2D eigenvalue weighted by atomic mass is 16.2. The van der Waals surface area contributed by atoms with Crippen molar-refractivity contribution in [3.05, 3.63) is 28.2 Å². The van der Waals surface area contributed by atoms with Crippen molar-refractivity contribution in [3.63, 3.8) is 0 Å². The van der Waals surface area contributed by atoms with Crippen molar-refractivity contribution in [1.29, 1.82) is 0 Å². The van der Waals surface area contributed by atoms with Gasteiger partial charge < -0.3 is 10.2 Å². The molecule has 1 atom stereocenters. The molecule has 7 heteroatoms.